The number of hydrogen-bond donors (Lipinski definition) is 1. The van der Waals surface area contributed by atoms with E-state index in [0.29, 0.717) is 11.5 Å². The van der Waals surface area contributed by atoms with Gasteiger partial charge in [0.15, 0.2) is 0 Å². The molecule has 1 aliphatic heterocycles. The Morgan fingerprint density at radius 2 is 2.05 bits per heavy atom. The Hall–Kier alpha value is -1.02. The lowest BCUT2D eigenvalue weighted by atomic mass is 9.83. The van der Waals surface area contributed by atoms with Gasteiger partial charge in [-0.1, -0.05) is 38.0 Å². The lowest BCUT2D eigenvalue weighted by Gasteiger charge is -2.28. The van der Waals surface area contributed by atoms with E-state index in [1.807, 2.05) is 0 Å². The minimum atomic E-state index is 0.327. The fourth-order valence-electron chi connectivity index (χ4n) is 3.65. The van der Waals surface area contributed by atoms with E-state index in [2.05, 4.69) is 36.5 Å². The van der Waals surface area contributed by atoms with Crippen LogP contribution in [0, 0.1) is 5.41 Å². The second kappa shape index (κ2) is 5.54. The largest absolute Gasteiger partial charge is 0.488 e. The molecular weight excluding hydrogens is 234 g/mol. The molecule has 0 spiro atoms. The third kappa shape index (κ3) is 2.79. The summed E-state index contributed by atoms with van der Waals surface area (Å²) < 4.78 is 5.98. The van der Waals surface area contributed by atoms with Crippen molar-refractivity contribution in [3.8, 4) is 5.75 Å². The zero-order valence-corrected chi connectivity index (χ0v) is 12.0. The molecule has 1 unspecified atom stereocenters. The fraction of sp³-hybridized carbons (Fsp3) is 0.647. The quantitative estimate of drug-likeness (QED) is 0.873. The number of fused-ring (bicyclic) bond motifs is 1. The third-order valence-corrected chi connectivity index (χ3v) is 5.00. The van der Waals surface area contributed by atoms with Gasteiger partial charge in [-0.3, -0.25) is 0 Å². The van der Waals surface area contributed by atoms with Crippen LogP contribution in [0.1, 0.15) is 44.6 Å². The molecule has 1 heterocycles. The van der Waals surface area contributed by atoms with Crippen molar-refractivity contribution in [3.63, 3.8) is 0 Å². The molecule has 1 saturated carbocycles. The van der Waals surface area contributed by atoms with Gasteiger partial charge in [0.25, 0.3) is 0 Å². The lowest BCUT2D eigenvalue weighted by Crippen LogP contribution is -2.37. The Bertz CT molecular complexity index is 398. The molecule has 3 rings (SSSR count). The van der Waals surface area contributed by atoms with Crippen molar-refractivity contribution in [2.75, 3.05) is 13.1 Å². The summed E-state index contributed by atoms with van der Waals surface area (Å²) in [5, 5.41) is 3.67. The topological polar surface area (TPSA) is 21.3 Å². The van der Waals surface area contributed by atoms with Crippen molar-refractivity contribution < 1.29 is 4.74 Å². The Morgan fingerprint density at radius 3 is 2.79 bits per heavy atom. The van der Waals surface area contributed by atoms with E-state index in [9.17, 15) is 0 Å². The number of ether oxygens (including phenoxy) is 1. The Kier molecular flexibility index (Phi) is 3.79. The van der Waals surface area contributed by atoms with E-state index < -0.39 is 0 Å². The summed E-state index contributed by atoms with van der Waals surface area (Å²) in [5.74, 6) is 1.08. The van der Waals surface area contributed by atoms with Gasteiger partial charge in [0, 0.05) is 19.5 Å². The van der Waals surface area contributed by atoms with Crippen LogP contribution < -0.4 is 10.1 Å². The smallest absolute Gasteiger partial charge is 0.123 e. The van der Waals surface area contributed by atoms with E-state index >= 15 is 0 Å². The maximum Gasteiger partial charge on any atom is 0.123 e. The van der Waals surface area contributed by atoms with Crippen LogP contribution in [0.4, 0.5) is 0 Å². The van der Waals surface area contributed by atoms with Crippen LogP contribution in [0.5, 0.6) is 5.75 Å². The summed E-state index contributed by atoms with van der Waals surface area (Å²) >= 11 is 0. The first-order valence-corrected chi connectivity index (χ1v) is 7.77. The van der Waals surface area contributed by atoms with Crippen molar-refractivity contribution in [3.05, 3.63) is 29.8 Å². The van der Waals surface area contributed by atoms with Gasteiger partial charge in [0.05, 0.1) is 0 Å². The molecule has 0 amide bonds. The molecule has 19 heavy (non-hydrogen) atoms. The Balaban J connectivity index is 1.47. The number of hydrogen-bond acceptors (Lipinski definition) is 2. The van der Waals surface area contributed by atoms with Gasteiger partial charge in [-0.25, -0.2) is 0 Å². The standard InChI is InChI=1S/C17H25NO/c1-2-17(9-5-6-10-17)13-18-12-15-11-14-7-3-4-8-16(14)19-15/h3-4,7-8,15,18H,2,5-6,9-13H2,1H3. The molecule has 2 heteroatoms. The highest BCUT2D eigenvalue weighted by molar-refractivity contribution is 5.37. The van der Waals surface area contributed by atoms with E-state index in [1.54, 1.807) is 0 Å². The first-order chi connectivity index (χ1) is 9.31. The summed E-state index contributed by atoms with van der Waals surface area (Å²) in [6, 6.07) is 8.42. The summed E-state index contributed by atoms with van der Waals surface area (Å²) in [5.41, 5.74) is 1.94. The maximum absolute atomic E-state index is 5.98. The van der Waals surface area contributed by atoms with Crippen LogP contribution in [0.2, 0.25) is 0 Å². The third-order valence-electron chi connectivity index (χ3n) is 5.00. The molecule has 1 N–H and O–H groups in total. The van der Waals surface area contributed by atoms with Gasteiger partial charge in [0.2, 0.25) is 0 Å². The average Bonchev–Trinajstić information content (AvgIpc) is 3.05. The summed E-state index contributed by atoms with van der Waals surface area (Å²) in [6.07, 6.45) is 8.34. The number of nitrogens with one attached hydrogen (secondary N) is 1. The highest BCUT2D eigenvalue weighted by Gasteiger charge is 2.32. The summed E-state index contributed by atoms with van der Waals surface area (Å²) in [4.78, 5) is 0. The highest BCUT2D eigenvalue weighted by atomic mass is 16.5. The average molecular weight is 259 g/mol. The molecule has 0 saturated heterocycles. The van der Waals surface area contributed by atoms with Crippen LogP contribution >= 0.6 is 0 Å². The van der Waals surface area contributed by atoms with Crippen LogP contribution in [0.25, 0.3) is 0 Å². The minimum Gasteiger partial charge on any atom is -0.488 e. The zero-order chi connectivity index (χ0) is 13.1. The number of rotatable bonds is 5. The van der Waals surface area contributed by atoms with Crippen molar-refractivity contribution in [2.24, 2.45) is 5.41 Å². The second-order valence-corrected chi connectivity index (χ2v) is 6.24. The van der Waals surface area contributed by atoms with Crippen molar-refractivity contribution in [2.45, 2.75) is 51.6 Å². The van der Waals surface area contributed by atoms with E-state index in [1.165, 1.54) is 44.2 Å². The second-order valence-electron chi connectivity index (χ2n) is 6.24. The van der Waals surface area contributed by atoms with Crippen molar-refractivity contribution in [1.29, 1.82) is 0 Å². The molecule has 0 radical (unpaired) electrons. The molecule has 2 aliphatic rings. The molecule has 104 valence electrons. The fourth-order valence-corrected chi connectivity index (χ4v) is 3.65. The minimum absolute atomic E-state index is 0.327. The molecule has 1 aromatic carbocycles. The molecule has 0 aromatic heterocycles. The molecule has 1 atom stereocenters. The van der Waals surface area contributed by atoms with Gasteiger partial charge in [-0.2, -0.15) is 0 Å². The molecule has 1 aromatic rings. The zero-order valence-electron chi connectivity index (χ0n) is 12.0. The van der Waals surface area contributed by atoms with Crippen LogP contribution in [0.3, 0.4) is 0 Å². The van der Waals surface area contributed by atoms with Gasteiger partial charge in [-0.05, 0) is 36.3 Å². The molecule has 1 fully saturated rings. The first-order valence-electron chi connectivity index (χ1n) is 7.77. The molecule has 2 nitrogen and oxygen atoms in total. The first kappa shape index (κ1) is 13.0. The summed E-state index contributed by atoms with van der Waals surface area (Å²) in [7, 11) is 0. The molecular formula is C17H25NO. The highest BCUT2D eigenvalue weighted by Crippen LogP contribution is 2.40. The molecule has 0 bridgehead atoms. The molecule has 1 aliphatic carbocycles. The van der Waals surface area contributed by atoms with Crippen molar-refractivity contribution >= 4 is 0 Å². The Morgan fingerprint density at radius 1 is 1.26 bits per heavy atom. The van der Waals surface area contributed by atoms with Gasteiger partial charge >= 0.3 is 0 Å². The Labute approximate surface area is 116 Å². The predicted molar refractivity (Wildman–Crippen MR) is 78.6 cm³/mol. The monoisotopic (exact) mass is 259 g/mol. The van der Waals surface area contributed by atoms with Crippen LogP contribution in [-0.2, 0) is 6.42 Å². The maximum atomic E-state index is 5.98. The predicted octanol–water partition coefficient (Wildman–Crippen LogP) is 3.55. The van der Waals surface area contributed by atoms with Crippen LogP contribution in [-0.4, -0.2) is 19.2 Å². The van der Waals surface area contributed by atoms with Gasteiger partial charge in [0.1, 0.15) is 11.9 Å². The number of benzene rings is 1. The lowest BCUT2D eigenvalue weighted by molar-refractivity contribution is 0.206. The van der Waals surface area contributed by atoms with Crippen LogP contribution in [0.15, 0.2) is 24.3 Å². The van der Waals surface area contributed by atoms with Gasteiger partial charge in [-0.15, -0.1) is 0 Å². The van der Waals surface area contributed by atoms with Gasteiger partial charge < -0.3 is 10.1 Å². The number of para-hydroxylation sites is 1. The van der Waals surface area contributed by atoms with E-state index in [-0.39, 0.29) is 0 Å². The SMILES string of the molecule is CCC1(CNCC2Cc3ccccc3O2)CCCC1. The normalized spacial score (nSPS) is 24.2. The van der Waals surface area contributed by atoms with E-state index in [0.717, 1.165) is 18.7 Å². The van der Waals surface area contributed by atoms with Crippen molar-refractivity contribution in [1.82, 2.24) is 5.32 Å². The summed E-state index contributed by atoms with van der Waals surface area (Å²) in [6.45, 7) is 4.49. The van der Waals surface area contributed by atoms with E-state index in [4.69, 9.17) is 4.74 Å².